The Balaban J connectivity index is 2.17. The summed E-state index contributed by atoms with van der Waals surface area (Å²) in [7, 11) is 1.42. The Kier molecular flexibility index (Phi) is 3.52. The number of hydrogen-bond donors (Lipinski definition) is 2. The molecule has 0 saturated heterocycles. The van der Waals surface area contributed by atoms with Gasteiger partial charge in [0.25, 0.3) is 0 Å². The van der Waals surface area contributed by atoms with E-state index in [4.69, 9.17) is 0 Å². The summed E-state index contributed by atoms with van der Waals surface area (Å²) in [4.78, 5) is 14.6. The molecular formula is C13H20N2O2. The van der Waals surface area contributed by atoms with E-state index in [-0.39, 0.29) is 5.97 Å². The minimum absolute atomic E-state index is 0.194. The van der Waals surface area contributed by atoms with Crippen LogP contribution in [0.15, 0.2) is 6.07 Å². The maximum Gasteiger partial charge on any atom is 0.311 e. The zero-order chi connectivity index (χ0) is 12.4. The van der Waals surface area contributed by atoms with Gasteiger partial charge in [-0.25, -0.2) is 0 Å². The minimum atomic E-state index is -0.194. The van der Waals surface area contributed by atoms with Crippen LogP contribution in [0.25, 0.3) is 0 Å². The molecule has 2 atom stereocenters. The summed E-state index contributed by atoms with van der Waals surface area (Å²) in [6.45, 7) is 4.38. The van der Waals surface area contributed by atoms with Gasteiger partial charge >= 0.3 is 5.97 Å². The molecule has 4 heteroatoms. The van der Waals surface area contributed by atoms with E-state index in [0.717, 1.165) is 18.5 Å². The second-order valence-electron chi connectivity index (χ2n) is 4.93. The average Bonchev–Trinajstić information content (AvgIpc) is 2.53. The molecule has 1 aliphatic heterocycles. The lowest BCUT2D eigenvalue weighted by Crippen LogP contribution is -2.34. The van der Waals surface area contributed by atoms with Crippen molar-refractivity contribution < 1.29 is 9.53 Å². The number of carbonyl (C=O) groups excluding carboxylic acids is 1. The number of aromatic nitrogens is 1. The Labute approximate surface area is 102 Å². The van der Waals surface area contributed by atoms with E-state index in [1.54, 1.807) is 0 Å². The summed E-state index contributed by atoms with van der Waals surface area (Å²) in [5.74, 6) is -0.194. The van der Waals surface area contributed by atoms with Gasteiger partial charge in [-0.1, -0.05) is 0 Å². The third kappa shape index (κ3) is 2.88. The molecule has 0 fully saturated rings. The van der Waals surface area contributed by atoms with E-state index < -0.39 is 0 Å². The zero-order valence-electron chi connectivity index (χ0n) is 10.7. The third-order valence-corrected chi connectivity index (χ3v) is 3.22. The number of hydrogen-bond acceptors (Lipinski definition) is 3. The van der Waals surface area contributed by atoms with Crippen LogP contribution < -0.4 is 5.32 Å². The standard InChI is InChI=1S/C13H20N2O2/c1-8-4-10-6-11(7-13(16)17-3)15-12(10)5-9(2)14-8/h6,8-9,14-15H,4-5,7H2,1-3H3. The first kappa shape index (κ1) is 12.2. The van der Waals surface area contributed by atoms with Gasteiger partial charge in [0.2, 0.25) is 0 Å². The number of nitrogens with one attached hydrogen (secondary N) is 2. The molecule has 2 heterocycles. The molecule has 1 aromatic heterocycles. The number of ether oxygens (including phenoxy) is 1. The number of methoxy groups -OCH3 is 1. The second-order valence-corrected chi connectivity index (χ2v) is 4.93. The van der Waals surface area contributed by atoms with Crippen molar-refractivity contribution >= 4 is 5.97 Å². The van der Waals surface area contributed by atoms with Crippen LogP contribution in [0.1, 0.15) is 30.8 Å². The van der Waals surface area contributed by atoms with Crippen molar-refractivity contribution in [1.82, 2.24) is 10.3 Å². The molecule has 1 aliphatic rings. The van der Waals surface area contributed by atoms with Crippen LogP contribution >= 0.6 is 0 Å². The monoisotopic (exact) mass is 236 g/mol. The SMILES string of the molecule is COC(=O)Cc1cc2c([nH]1)CC(C)NC(C)C2. The van der Waals surface area contributed by atoms with E-state index in [1.807, 2.05) is 0 Å². The maximum absolute atomic E-state index is 11.2. The van der Waals surface area contributed by atoms with Crippen molar-refractivity contribution in [2.45, 2.75) is 45.2 Å². The van der Waals surface area contributed by atoms with E-state index >= 15 is 0 Å². The van der Waals surface area contributed by atoms with Crippen molar-refractivity contribution in [3.63, 3.8) is 0 Å². The highest BCUT2D eigenvalue weighted by Gasteiger charge is 2.20. The van der Waals surface area contributed by atoms with Crippen LogP contribution in [-0.4, -0.2) is 30.1 Å². The maximum atomic E-state index is 11.2. The Morgan fingerprint density at radius 1 is 1.41 bits per heavy atom. The Morgan fingerprint density at radius 2 is 2.12 bits per heavy atom. The molecule has 0 amide bonds. The van der Waals surface area contributed by atoms with Crippen LogP contribution in [0.5, 0.6) is 0 Å². The predicted octanol–water partition coefficient (Wildman–Crippen LogP) is 1.20. The number of rotatable bonds is 2. The highest BCUT2D eigenvalue weighted by atomic mass is 16.5. The molecule has 0 bridgehead atoms. The fourth-order valence-electron chi connectivity index (χ4n) is 2.53. The highest BCUT2D eigenvalue weighted by Crippen LogP contribution is 2.19. The van der Waals surface area contributed by atoms with Crippen molar-refractivity contribution in [1.29, 1.82) is 0 Å². The lowest BCUT2D eigenvalue weighted by atomic mass is 10.1. The lowest BCUT2D eigenvalue weighted by molar-refractivity contribution is -0.139. The second kappa shape index (κ2) is 4.92. The van der Waals surface area contributed by atoms with Gasteiger partial charge in [-0.05, 0) is 31.9 Å². The lowest BCUT2D eigenvalue weighted by Gasteiger charge is -2.14. The molecule has 94 valence electrons. The first-order valence-corrected chi connectivity index (χ1v) is 6.11. The van der Waals surface area contributed by atoms with Crippen LogP contribution in [0.2, 0.25) is 0 Å². The van der Waals surface area contributed by atoms with Crippen LogP contribution in [0, 0.1) is 0 Å². The van der Waals surface area contributed by atoms with Crippen LogP contribution in [0.3, 0.4) is 0 Å². The van der Waals surface area contributed by atoms with Gasteiger partial charge in [-0.3, -0.25) is 4.79 Å². The van der Waals surface area contributed by atoms with E-state index in [2.05, 4.69) is 35.0 Å². The molecule has 0 spiro atoms. The van der Waals surface area contributed by atoms with Crippen LogP contribution in [0.4, 0.5) is 0 Å². The number of carbonyl (C=O) groups is 1. The summed E-state index contributed by atoms with van der Waals surface area (Å²) < 4.78 is 4.68. The molecule has 0 aromatic carbocycles. The summed E-state index contributed by atoms with van der Waals surface area (Å²) in [5, 5.41) is 3.53. The quantitative estimate of drug-likeness (QED) is 0.759. The fraction of sp³-hybridized carbons (Fsp3) is 0.615. The highest BCUT2D eigenvalue weighted by molar-refractivity contribution is 5.72. The predicted molar refractivity (Wildman–Crippen MR) is 66.0 cm³/mol. The van der Waals surface area contributed by atoms with E-state index in [0.29, 0.717) is 18.5 Å². The molecule has 17 heavy (non-hydrogen) atoms. The zero-order valence-corrected chi connectivity index (χ0v) is 10.7. The van der Waals surface area contributed by atoms with Gasteiger partial charge in [0.15, 0.2) is 0 Å². The van der Waals surface area contributed by atoms with Crippen molar-refractivity contribution in [2.24, 2.45) is 0 Å². The topological polar surface area (TPSA) is 54.1 Å². The summed E-state index contributed by atoms with van der Waals surface area (Å²) in [6.07, 6.45) is 2.33. The summed E-state index contributed by atoms with van der Waals surface area (Å²) in [6, 6.07) is 3.05. The number of H-pyrrole nitrogens is 1. The third-order valence-electron chi connectivity index (χ3n) is 3.22. The van der Waals surface area contributed by atoms with Gasteiger partial charge in [0.1, 0.15) is 0 Å². The molecule has 2 N–H and O–H groups in total. The van der Waals surface area contributed by atoms with Crippen molar-refractivity contribution in [3.8, 4) is 0 Å². The normalized spacial score (nSPS) is 23.9. The van der Waals surface area contributed by atoms with Gasteiger partial charge in [0, 0.05) is 29.9 Å². The summed E-state index contributed by atoms with van der Waals surface area (Å²) >= 11 is 0. The molecular weight excluding hydrogens is 216 g/mol. The molecule has 2 rings (SSSR count). The van der Waals surface area contributed by atoms with E-state index in [1.165, 1.54) is 18.4 Å². The van der Waals surface area contributed by atoms with Gasteiger partial charge < -0.3 is 15.0 Å². The molecule has 0 saturated carbocycles. The number of aromatic amines is 1. The van der Waals surface area contributed by atoms with Gasteiger partial charge in [-0.15, -0.1) is 0 Å². The summed E-state index contributed by atoms with van der Waals surface area (Å²) in [5.41, 5.74) is 3.55. The Morgan fingerprint density at radius 3 is 2.82 bits per heavy atom. The Hall–Kier alpha value is -1.29. The van der Waals surface area contributed by atoms with Crippen molar-refractivity contribution in [3.05, 3.63) is 23.0 Å². The van der Waals surface area contributed by atoms with E-state index in [9.17, 15) is 4.79 Å². The smallest absolute Gasteiger partial charge is 0.311 e. The molecule has 2 unspecified atom stereocenters. The van der Waals surface area contributed by atoms with Crippen LogP contribution in [-0.2, 0) is 28.8 Å². The first-order chi connectivity index (χ1) is 8.08. The molecule has 1 aromatic rings. The first-order valence-electron chi connectivity index (χ1n) is 6.11. The van der Waals surface area contributed by atoms with Gasteiger partial charge in [-0.2, -0.15) is 0 Å². The van der Waals surface area contributed by atoms with Crippen molar-refractivity contribution in [2.75, 3.05) is 7.11 Å². The number of fused-ring (bicyclic) bond motifs is 1. The molecule has 0 radical (unpaired) electrons. The molecule has 4 nitrogen and oxygen atoms in total. The largest absolute Gasteiger partial charge is 0.469 e. The molecule has 0 aliphatic carbocycles. The minimum Gasteiger partial charge on any atom is -0.469 e. The fourth-order valence-corrected chi connectivity index (χ4v) is 2.53. The van der Waals surface area contributed by atoms with Gasteiger partial charge in [0.05, 0.1) is 13.5 Å². The number of esters is 1. The Bertz CT molecular complexity index is 384. The average molecular weight is 236 g/mol.